The molecule has 3 heteroatoms. The smallest absolute Gasteiger partial charge is 0.138 e. The van der Waals surface area contributed by atoms with E-state index in [0.717, 1.165) is 29.9 Å². The topological polar surface area (TPSA) is 51.8 Å². The summed E-state index contributed by atoms with van der Waals surface area (Å²) in [6.45, 7) is 6.30. The van der Waals surface area contributed by atoms with Gasteiger partial charge in [0.05, 0.1) is 0 Å². The Hall–Kier alpha value is -1.90. The van der Waals surface area contributed by atoms with Gasteiger partial charge in [0.2, 0.25) is 0 Å². The number of hydrogen-bond donors (Lipinski definition) is 1. The van der Waals surface area contributed by atoms with Crippen LogP contribution in [-0.2, 0) is 6.42 Å². The van der Waals surface area contributed by atoms with Crippen LogP contribution in [0, 0.1) is 6.92 Å². The number of fused-ring (bicyclic) bond motifs is 1. The lowest BCUT2D eigenvalue weighted by Gasteiger charge is -2.16. The van der Waals surface area contributed by atoms with E-state index in [4.69, 9.17) is 10.7 Å². The van der Waals surface area contributed by atoms with Gasteiger partial charge in [-0.1, -0.05) is 38.1 Å². The van der Waals surface area contributed by atoms with E-state index in [1.54, 1.807) is 0 Å². The Kier molecular flexibility index (Phi) is 3.20. The Labute approximate surface area is 120 Å². The van der Waals surface area contributed by atoms with Gasteiger partial charge in [-0.3, -0.25) is 0 Å². The maximum atomic E-state index is 6.16. The van der Waals surface area contributed by atoms with Crippen molar-refractivity contribution in [2.45, 2.75) is 45.4 Å². The highest BCUT2D eigenvalue weighted by Gasteiger charge is 2.27. The largest absolute Gasteiger partial charge is 0.383 e. The molecule has 1 unspecified atom stereocenters. The molecule has 0 bridgehead atoms. The van der Waals surface area contributed by atoms with Crippen molar-refractivity contribution in [1.29, 1.82) is 0 Å². The summed E-state index contributed by atoms with van der Waals surface area (Å²) in [5, 5.41) is 0. The van der Waals surface area contributed by atoms with E-state index in [9.17, 15) is 0 Å². The average molecular weight is 267 g/mol. The Balaban J connectivity index is 2.05. The van der Waals surface area contributed by atoms with Crippen LogP contribution >= 0.6 is 0 Å². The predicted octanol–water partition coefficient (Wildman–Crippen LogP) is 3.57. The minimum atomic E-state index is 0.299. The van der Waals surface area contributed by atoms with E-state index in [1.165, 1.54) is 11.1 Å². The molecule has 0 aliphatic heterocycles. The van der Waals surface area contributed by atoms with E-state index in [-0.39, 0.29) is 0 Å². The van der Waals surface area contributed by atoms with E-state index < -0.39 is 0 Å². The highest BCUT2D eigenvalue weighted by molar-refractivity contribution is 5.46. The Bertz CT molecular complexity index is 623. The van der Waals surface area contributed by atoms with Gasteiger partial charge in [0.25, 0.3) is 0 Å². The van der Waals surface area contributed by atoms with E-state index in [1.807, 2.05) is 6.92 Å². The summed E-state index contributed by atoms with van der Waals surface area (Å²) in [6.07, 6.45) is 2.19. The van der Waals surface area contributed by atoms with Crippen LogP contribution in [0.15, 0.2) is 24.3 Å². The molecule has 0 amide bonds. The van der Waals surface area contributed by atoms with Gasteiger partial charge in [-0.25, -0.2) is 9.97 Å². The minimum absolute atomic E-state index is 0.299. The Morgan fingerprint density at radius 3 is 2.65 bits per heavy atom. The summed E-state index contributed by atoms with van der Waals surface area (Å²) in [5.41, 5.74) is 11.0. The molecule has 0 radical (unpaired) electrons. The second-order valence-electron chi connectivity index (χ2n) is 5.91. The fourth-order valence-corrected chi connectivity index (χ4v) is 3.32. The van der Waals surface area contributed by atoms with Gasteiger partial charge in [-0.05, 0) is 36.8 Å². The SMILES string of the molecule is Cc1nc(C2CCc3ccccc32)nc(N)c1C(C)C. The molecule has 1 aromatic carbocycles. The predicted molar refractivity (Wildman–Crippen MR) is 81.9 cm³/mol. The maximum absolute atomic E-state index is 6.16. The van der Waals surface area contributed by atoms with Crippen molar-refractivity contribution in [2.24, 2.45) is 0 Å². The summed E-state index contributed by atoms with van der Waals surface area (Å²) in [5.74, 6) is 2.19. The van der Waals surface area contributed by atoms with Crippen molar-refractivity contribution in [2.75, 3.05) is 5.73 Å². The van der Waals surface area contributed by atoms with E-state index in [2.05, 4.69) is 43.1 Å². The molecule has 0 saturated carbocycles. The van der Waals surface area contributed by atoms with E-state index >= 15 is 0 Å². The second-order valence-corrected chi connectivity index (χ2v) is 5.91. The van der Waals surface area contributed by atoms with Gasteiger partial charge in [0, 0.05) is 17.2 Å². The number of nitrogens with two attached hydrogens (primary N) is 1. The normalized spacial score (nSPS) is 17.5. The molecule has 0 spiro atoms. The van der Waals surface area contributed by atoms with Crippen molar-refractivity contribution < 1.29 is 0 Å². The molecule has 1 atom stereocenters. The highest BCUT2D eigenvalue weighted by atomic mass is 15.0. The fourth-order valence-electron chi connectivity index (χ4n) is 3.32. The molecule has 2 aromatic rings. The zero-order valence-electron chi connectivity index (χ0n) is 12.4. The van der Waals surface area contributed by atoms with Crippen LogP contribution < -0.4 is 5.73 Å². The van der Waals surface area contributed by atoms with Crippen molar-refractivity contribution in [3.05, 3.63) is 52.5 Å². The molecule has 1 aliphatic rings. The van der Waals surface area contributed by atoms with Crippen LogP contribution in [0.2, 0.25) is 0 Å². The van der Waals surface area contributed by atoms with Crippen LogP contribution in [0.4, 0.5) is 5.82 Å². The molecule has 104 valence electrons. The molecule has 1 aromatic heterocycles. The molecule has 3 nitrogen and oxygen atoms in total. The standard InChI is InChI=1S/C17H21N3/c1-10(2)15-11(3)19-17(20-16(15)18)14-9-8-12-6-4-5-7-13(12)14/h4-7,10,14H,8-9H2,1-3H3,(H2,18,19,20). The third kappa shape index (κ3) is 2.07. The summed E-state index contributed by atoms with van der Waals surface area (Å²) in [7, 11) is 0. The first-order valence-corrected chi connectivity index (χ1v) is 7.29. The Morgan fingerprint density at radius 2 is 1.95 bits per heavy atom. The summed E-state index contributed by atoms with van der Waals surface area (Å²) in [6, 6.07) is 8.59. The van der Waals surface area contributed by atoms with Crippen molar-refractivity contribution in [1.82, 2.24) is 9.97 Å². The molecule has 0 saturated heterocycles. The third-order valence-electron chi connectivity index (χ3n) is 4.20. The molecular weight excluding hydrogens is 246 g/mol. The number of nitrogens with zero attached hydrogens (tertiary/aromatic N) is 2. The first kappa shape index (κ1) is 13.1. The number of anilines is 1. The number of benzene rings is 1. The quantitative estimate of drug-likeness (QED) is 0.905. The minimum Gasteiger partial charge on any atom is -0.383 e. The third-order valence-corrected chi connectivity index (χ3v) is 4.20. The number of hydrogen-bond acceptors (Lipinski definition) is 3. The molecule has 20 heavy (non-hydrogen) atoms. The Morgan fingerprint density at radius 1 is 1.20 bits per heavy atom. The summed E-state index contributed by atoms with van der Waals surface area (Å²) in [4.78, 5) is 9.35. The molecule has 1 aliphatic carbocycles. The summed E-state index contributed by atoms with van der Waals surface area (Å²) >= 11 is 0. The van der Waals surface area contributed by atoms with Crippen LogP contribution in [-0.4, -0.2) is 9.97 Å². The maximum Gasteiger partial charge on any atom is 0.138 e. The molecule has 1 heterocycles. The van der Waals surface area contributed by atoms with E-state index in [0.29, 0.717) is 17.7 Å². The van der Waals surface area contributed by atoms with Gasteiger partial charge >= 0.3 is 0 Å². The highest BCUT2D eigenvalue weighted by Crippen LogP contribution is 2.37. The van der Waals surface area contributed by atoms with Crippen LogP contribution in [0.25, 0.3) is 0 Å². The molecule has 0 fully saturated rings. The van der Waals surface area contributed by atoms with Crippen molar-refractivity contribution >= 4 is 5.82 Å². The number of aryl methyl sites for hydroxylation is 2. The van der Waals surface area contributed by atoms with Crippen LogP contribution in [0.5, 0.6) is 0 Å². The van der Waals surface area contributed by atoms with Crippen LogP contribution in [0.3, 0.4) is 0 Å². The number of aromatic nitrogens is 2. The first-order valence-electron chi connectivity index (χ1n) is 7.29. The molecule has 2 N–H and O–H groups in total. The first-order chi connectivity index (χ1) is 9.58. The number of rotatable bonds is 2. The van der Waals surface area contributed by atoms with Crippen molar-refractivity contribution in [3.63, 3.8) is 0 Å². The molecule has 3 rings (SSSR count). The lowest BCUT2D eigenvalue weighted by atomic mass is 9.98. The van der Waals surface area contributed by atoms with Crippen LogP contribution in [0.1, 0.15) is 60.3 Å². The second kappa shape index (κ2) is 4.89. The van der Waals surface area contributed by atoms with Crippen molar-refractivity contribution in [3.8, 4) is 0 Å². The lowest BCUT2D eigenvalue weighted by Crippen LogP contribution is -2.11. The fraction of sp³-hybridized carbons (Fsp3) is 0.412. The lowest BCUT2D eigenvalue weighted by molar-refractivity contribution is 0.714. The zero-order valence-corrected chi connectivity index (χ0v) is 12.4. The van der Waals surface area contributed by atoms with Gasteiger partial charge in [-0.2, -0.15) is 0 Å². The van der Waals surface area contributed by atoms with Gasteiger partial charge in [0.1, 0.15) is 11.6 Å². The summed E-state index contributed by atoms with van der Waals surface area (Å²) < 4.78 is 0. The van der Waals surface area contributed by atoms with Gasteiger partial charge in [0.15, 0.2) is 0 Å². The van der Waals surface area contributed by atoms with Gasteiger partial charge < -0.3 is 5.73 Å². The number of nitrogen functional groups attached to an aromatic ring is 1. The van der Waals surface area contributed by atoms with Gasteiger partial charge in [-0.15, -0.1) is 0 Å². The monoisotopic (exact) mass is 267 g/mol. The average Bonchev–Trinajstić information content (AvgIpc) is 2.81. The molecular formula is C17H21N3. The zero-order chi connectivity index (χ0) is 14.3.